The molecule has 0 aliphatic rings. The largest absolute Gasteiger partial charge is 0.392 e. The molecule has 0 atom stereocenters. The van der Waals surface area contributed by atoms with Crippen LogP contribution in [-0.2, 0) is 13.2 Å². The molecule has 32 heavy (non-hydrogen) atoms. The molecule has 0 spiro atoms. The van der Waals surface area contributed by atoms with Gasteiger partial charge in [0.15, 0.2) is 0 Å². The summed E-state index contributed by atoms with van der Waals surface area (Å²) in [7, 11) is 3.64. The van der Waals surface area contributed by atoms with Gasteiger partial charge in [-0.25, -0.2) is 0 Å². The number of rotatable bonds is 4. The smallest absolute Gasteiger partial charge is 0.0681 e. The maximum absolute atomic E-state index is 8.88. The van der Waals surface area contributed by atoms with Crippen LogP contribution in [0.3, 0.4) is 0 Å². The molecule has 6 heteroatoms. The van der Waals surface area contributed by atoms with E-state index < -0.39 is 0 Å². The molecule has 0 amide bonds. The Labute approximate surface area is 219 Å². The molecule has 0 aliphatic heterocycles. The van der Waals surface area contributed by atoms with E-state index in [-0.39, 0.29) is 52.4 Å². The molecule has 2 rings (SSSR count). The van der Waals surface area contributed by atoms with Gasteiger partial charge in [0, 0.05) is 19.3 Å². The van der Waals surface area contributed by atoms with Crippen LogP contribution in [0.15, 0.2) is 58.3 Å². The lowest BCUT2D eigenvalue weighted by Crippen LogP contribution is -2.04. The molecule has 0 bridgehead atoms. The van der Waals surface area contributed by atoms with Crippen LogP contribution in [0.4, 0.5) is 0 Å². The van der Waals surface area contributed by atoms with E-state index in [1.165, 1.54) is 4.90 Å². The Morgan fingerprint density at radius 2 is 1.00 bits per heavy atom. The highest BCUT2D eigenvalue weighted by molar-refractivity contribution is 8.77. The van der Waals surface area contributed by atoms with Crippen molar-refractivity contribution in [2.45, 2.75) is 104 Å². The van der Waals surface area contributed by atoms with Crippen LogP contribution in [0.1, 0.15) is 82.4 Å². The van der Waals surface area contributed by atoms with E-state index >= 15 is 0 Å². The molecule has 0 aromatic heterocycles. The van der Waals surface area contributed by atoms with Gasteiger partial charge >= 0.3 is 0 Å². The molecule has 0 saturated carbocycles. The summed E-state index contributed by atoms with van der Waals surface area (Å²) in [4.78, 5) is 2.16. The zero-order valence-electron chi connectivity index (χ0n) is 17.6. The number of aliphatic hydroxyl groups is 2. The van der Waals surface area contributed by atoms with Crippen molar-refractivity contribution in [1.82, 2.24) is 0 Å². The molecule has 190 valence electrons. The van der Waals surface area contributed by atoms with E-state index in [0.29, 0.717) is 0 Å². The van der Waals surface area contributed by atoms with Gasteiger partial charge < -0.3 is 10.2 Å². The van der Waals surface area contributed by atoms with Crippen LogP contribution >= 0.6 is 46.8 Å². The Hall–Kier alpha value is -0.240. The maximum Gasteiger partial charge on any atom is 0.0681 e. The van der Waals surface area contributed by atoms with Crippen molar-refractivity contribution >= 4 is 46.8 Å². The summed E-state index contributed by atoms with van der Waals surface area (Å²) < 4.78 is 0.473. The second-order valence-electron chi connectivity index (χ2n) is 8.08. The third-order valence-electron chi connectivity index (χ3n) is 2.61. The third-order valence-corrected chi connectivity index (χ3v) is 6.29. The monoisotopic (exact) mass is 522 g/mol. The summed E-state index contributed by atoms with van der Waals surface area (Å²) in [6.45, 7) is 13.0. The molecule has 0 aliphatic carbocycles. The van der Waals surface area contributed by atoms with E-state index in [9.17, 15) is 0 Å². The summed E-state index contributed by atoms with van der Waals surface area (Å²) in [6.07, 6.45) is 0. The van der Waals surface area contributed by atoms with Gasteiger partial charge in [0.25, 0.3) is 0 Å². The maximum atomic E-state index is 8.88. The van der Waals surface area contributed by atoms with Crippen LogP contribution in [0.25, 0.3) is 0 Å². The van der Waals surface area contributed by atoms with Crippen molar-refractivity contribution in [2.24, 2.45) is 0 Å². The quantitative estimate of drug-likeness (QED) is 0.238. The van der Waals surface area contributed by atoms with Crippen molar-refractivity contribution in [3.63, 3.8) is 0 Å². The number of hydrogen-bond donors (Lipinski definition) is 4. The average Bonchev–Trinajstić information content (AvgIpc) is 2.60. The first kappa shape index (κ1) is 42.0. The average molecular weight is 523 g/mol. The summed E-state index contributed by atoms with van der Waals surface area (Å²) >= 11 is 8.21. The first-order valence-corrected chi connectivity index (χ1v) is 12.0. The number of benzene rings is 2. The molecular formula is C26H50O2S4. The third kappa shape index (κ3) is 27.8. The highest BCUT2D eigenvalue weighted by Gasteiger charge is 2.11. The van der Waals surface area contributed by atoms with Gasteiger partial charge in [0.2, 0.25) is 0 Å². The molecule has 0 heterocycles. The molecule has 0 fully saturated rings. The van der Waals surface area contributed by atoms with E-state index in [1.807, 2.05) is 47.2 Å². The second-order valence-corrected chi connectivity index (χ2v) is 13.0. The van der Waals surface area contributed by atoms with Crippen molar-refractivity contribution < 1.29 is 10.2 Å². The molecule has 2 aromatic carbocycles. The Balaban J connectivity index is -0.000000119. The Morgan fingerprint density at radius 1 is 0.688 bits per heavy atom. The Bertz CT molecular complexity index is 638. The standard InChI is InChI=1S/C11H16OS2.C7H8OS.C4H10S.4CH4/c1-11(2,3)14-13-10-6-4-9(8-12)5-7-10;8-5-6-1-3-7(9)4-2-6;1-4(2,3)5;;;;/h4-7,12H,8H2,1-3H3;1-4,8-9H,5H2;5H,1-3H3;4*1H4. The zero-order valence-corrected chi connectivity index (χ0v) is 21.1. The van der Waals surface area contributed by atoms with E-state index in [0.717, 1.165) is 16.0 Å². The first-order chi connectivity index (χ1) is 12.8. The number of thiol groups is 2. The van der Waals surface area contributed by atoms with Crippen molar-refractivity contribution in [1.29, 1.82) is 0 Å². The van der Waals surface area contributed by atoms with Gasteiger partial charge in [-0.15, -0.1) is 12.6 Å². The topological polar surface area (TPSA) is 40.5 Å². The van der Waals surface area contributed by atoms with Crippen LogP contribution < -0.4 is 0 Å². The SMILES string of the molecule is C.C.C.C.CC(C)(C)S.CC(C)(C)SSc1ccc(CO)cc1.OCc1ccc(S)cc1. The van der Waals surface area contributed by atoms with Crippen LogP contribution in [0.5, 0.6) is 0 Å². The molecule has 2 nitrogen and oxygen atoms in total. The molecule has 0 radical (unpaired) electrons. The minimum atomic E-state index is 0. The lowest BCUT2D eigenvalue weighted by atomic mass is 10.2. The van der Waals surface area contributed by atoms with Crippen molar-refractivity contribution in [3.05, 3.63) is 59.7 Å². The predicted octanol–water partition coefficient (Wildman–Crippen LogP) is 9.44. The van der Waals surface area contributed by atoms with E-state index in [2.05, 4.69) is 78.9 Å². The fourth-order valence-electron chi connectivity index (χ4n) is 1.42. The summed E-state index contributed by atoms with van der Waals surface area (Å²) in [5.41, 5.74) is 1.89. The van der Waals surface area contributed by atoms with Gasteiger partial charge in [-0.1, -0.05) is 117 Å². The fourth-order valence-corrected chi connectivity index (χ4v) is 3.54. The van der Waals surface area contributed by atoms with Gasteiger partial charge in [-0.2, -0.15) is 12.6 Å². The highest BCUT2D eigenvalue weighted by Crippen LogP contribution is 2.40. The second kappa shape index (κ2) is 21.3. The van der Waals surface area contributed by atoms with E-state index in [4.69, 9.17) is 10.2 Å². The number of hydrogen-bond acceptors (Lipinski definition) is 6. The minimum absolute atomic E-state index is 0. The molecule has 0 saturated heterocycles. The van der Waals surface area contributed by atoms with Crippen molar-refractivity contribution in [3.8, 4) is 0 Å². The predicted molar refractivity (Wildman–Crippen MR) is 161 cm³/mol. The highest BCUT2D eigenvalue weighted by atomic mass is 33.1. The molecule has 0 unspecified atom stereocenters. The molecular weight excluding hydrogens is 473 g/mol. The summed E-state index contributed by atoms with van der Waals surface area (Å²) in [5.74, 6) is 0. The van der Waals surface area contributed by atoms with Gasteiger partial charge in [0.1, 0.15) is 0 Å². The molecule has 2 N–H and O–H groups in total. The molecule has 2 aromatic rings. The van der Waals surface area contributed by atoms with Crippen molar-refractivity contribution in [2.75, 3.05) is 0 Å². The summed E-state index contributed by atoms with van der Waals surface area (Å²) in [6, 6.07) is 15.4. The van der Waals surface area contributed by atoms with Gasteiger partial charge in [0.05, 0.1) is 13.2 Å². The number of aliphatic hydroxyl groups excluding tert-OH is 2. The van der Waals surface area contributed by atoms with Crippen LogP contribution in [0, 0.1) is 0 Å². The first-order valence-electron chi connectivity index (χ1n) is 9.00. The Morgan fingerprint density at radius 3 is 1.28 bits per heavy atom. The zero-order chi connectivity index (χ0) is 21.8. The lowest BCUT2D eigenvalue weighted by Gasteiger charge is -2.16. The van der Waals surface area contributed by atoms with E-state index in [1.54, 1.807) is 10.8 Å². The fraction of sp³-hybridized carbons (Fsp3) is 0.538. The Kier molecular flexibility index (Phi) is 27.9. The van der Waals surface area contributed by atoms with Gasteiger partial charge in [-0.05, 0) is 35.4 Å². The van der Waals surface area contributed by atoms with Crippen LogP contribution in [0.2, 0.25) is 0 Å². The van der Waals surface area contributed by atoms with Crippen LogP contribution in [-0.4, -0.2) is 19.7 Å². The normalized spacial score (nSPS) is 9.69. The lowest BCUT2D eigenvalue weighted by molar-refractivity contribution is 0.281. The summed E-state index contributed by atoms with van der Waals surface area (Å²) in [5, 5.41) is 17.5. The van der Waals surface area contributed by atoms with Gasteiger partial charge in [-0.3, -0.25) is 0 Å². The minimum Gasteiger partial charge on any atom is -0.392 e.